The van der Waals surface area contributed by atoms with Crippen LogP contribution in [-0.4, -0.2) is 41.0 Å². The van der Waals surface area contributed by atoms with Crippen molar-refractivity contribution in [3.8, 4) is 0 Å². The molecule has 7 nitrogen and oxygen atoms in total. The van der Waals surface area contributed by atoms with Crippen molar-refractivity contribution in [1.82, 2.24) is 10.2 Å². The summed E-state index contributed by atoms with van der Waals surface area (Å²) in [5.41, 5.74) is 1.61. The number of alkyl carbamates (subject to hydrolysis) is 1. The van der Waals surface area contributed by atoms with Crippen LogP contribution in [0.5, 0.6) is 0 Å². The van der Waals surface area contributed by atoms with E-state index in [1.807, 2.05) is 87.5 Å². The summed E-state index contributed by atoms with van der Waals surface area (Å²) < 4.78 is 5.50. The van der Waals surface area contributed by atoms with Gasteiger partial charge in [-0.3, -0.25) is 9.59 Å². The first kappa shape index (κ1) is 32.6. The quantitative estimate of drug-likeness (QED) is 0.217. The number of anilines is 1. The molecule has 0 bridgehead atoms. The number of benzene rings is 3. The van der Waals surface area contributed by atoms with Gasteiger partial charge < -0.3 is 20.3 Å². The van der Waals surface area contributed by atoms with Gasteiger partial charge in [-0.2, -0.15) is 0 Å². The average molecular weight is 574 g/mol. The van der Waals surface area contributed by atoms with E-state index in [1.165, 1.54) is 0 Å². The number of aryl methyl sites for hydroxylation is 1. The Balaban J connectivity index is 2.04. The molecule has 0 saturated heterocycles. The largest absolute Gasteiger partial charge is 0.444 e. The van der Waals surface area contributed by atoms with Crippen LogP contribution in [0.15, 0.2) is 66.7 Å². The van der Waals surface area contributed by atoms with E-state index >= 15 is 0 Å². The fourth-order valence-corrected chi connectivity index (χ4v) is 5.06. The van der Waals surface area contributed by atoms with E-state index in [0.717, 1.165) is 41.2 Å². The number of hydrogen-bond donors (Lipinski definition) is 2. The van der Waals surface area contributed by atoms with Gasteiger partial charge >= 0.3 is 6.09 Å². The Morgan fingerprint density at radius 2 is 1.57 bits per heavy atom. The van der Waals surface area contributed by atoms with Gasteiger partial charge in [0.1, 0.15) is 17.7 Å². The molecule has 2 N–H and O–H groups in total. The number of amides is 3. The summed E-state index contributed by atoms with van der Waals surface area (Å²) in [7, 11) is 0. The summed E-state index contributed by atoms with van der Waals surface area (Å²) >= 11 is 0. The van der Waals surface area contributed by atoms with Crippen LogP contribution in [0.1, 0.15) is 84.4 Å². The molecule has 0 aliphatic rings. The Kier molecular flexibility index (Phi) is 11.5. The Morgan fingerprint density at radius 3 is 2.21 bits per heavy atom. The van der Waals surface area contributed by atoms with Crippen LogP contribution in [0.2, 0.25) is 0 Å². The molecule has 3 aromatic rings. The molecule has 0 saturated carbocycles. The molecule has 0 aliphatic carbocycles. The van der Waals surface area contributed by atoms with Gasteiger partial charge in [-0.05, 0) is 80.5 Å². The van der Waals surface area contributed by atoms with Crippen molar-refractivity contribution in [2.45, 2.75) is 91.8 Å². The predicted molar refractivity (Wildman–Crippen MR) is 170 cm³/mol. The van der Waals surface area contributed by atoms with Crippen LogP contribution in [0.3, 0.4) is 0 Å². The number of nitrogens with one attached hydrogen (secondary N) is 2. The second-order valence-corrected chi connectivity index (χ2v) is 12.4. The van der Waals surface area contributed by atoms with Gasteiger partial charge in [0, 0.05) is 12.2 Å². The van der Waals surface area contributed by atoms with E-state index in [-0.39, 0.29) is 17.7 Å². The zero-order valence-corrected chi connectivity index (χ0v) is 26.2. The normalized spacial score (nSPS) is 13.0. The molecule has 0 fully saturated rings. The molecule has 3 aromatic carbocycles. The number of nitrogens with zero attached hydrogens (tertiary/aromatic N) is 1. The smallest absolute Gasteiger partial charge is 0.408 e. The molecular formula is C35H47N3O4. The van der Waals surface area contributed by atoms with Crippen molar-refractivity contribution in [3.63, 3.8) is 0 Å². The number of rotatable bonds is 12. The van der Waals surface area contributed by atoms with Crippen molar-refractivity contribution in [2.24, 2.45) is 5.92 Å². The number of ether oxygens (including phenoxy) is 1. The zero-order chi connectivity index (χ0) is 30.9. The maximum Gasteiger partial charge on any atom is 0.408 e. The Morgan fingerprint density at radius 1 is 0.905 bits per heavy atom. The zero-order valence-electron chi connectivity index (χ0n) is 26.2. The Bertz CT molecular complexity index is 1360. The third kappa shape index (κ3) is 9.33. The van der Waals surface area contributed by atoms with Crippen LogP contribution in [0.25, 0.3) is 10.8 Å². The monoisotopic (exact) mass is 573 g/mol. The van der Waals surface area contributed by atoms with Crippen molar-refractivity contribution in [2.75, 3.05) is 11.9 Å². The molecule has 2 atom stereocenters. The fraction of sp³-hybridized carbons (Fsp3) is 0.457. The third-order valence-corrected chi connectivity index (χ3v) is 7.04. The van der Waals surface area contributed by atoms with Gasteiger partial charge in [-0.15, -0.1) is 0 Å². The summed E-state index contributed by atoms with van der Waals surface area (Å²) in [5.74, 6) is -0.479. The maximum absolute atomic E-state index is 14.4. The van der Waals surface area contributed by atoms with Crippen LogP contribution in [0, 0.1) is 12.8 Å². The van der Waals surface area contributed by atoms with E-state index in [9.17, 15) is 14.4 Å². The van der Waals surface area contributed by atoms with Crippen molar-refractivity contribution in [1.29, 1.82) is 0 Å². The van der Waals surface area contributed by atoms with Gasteiger partial charge in [0.25, 0.3) is 5.91 Å². The molecule has 3 rings (SSSR count). The molecule has 42 heavy (non-hydrogen) atoms. The van der Waals surface area contributed by atoms with E-state index < -0.39 is 23.8 Å². The number of hydrogen-bond acceptors (Lipinski definition) is 4. The first-order valence-electron chi connectivity index (χ1n) is 15.0. The van der Waals surface area contributed by atoms with Crippen LogP contribution < -0.4 is 10.6 Å². The molecule has 3 amide bonds. The summed E-state index contributed by atoms with van der Waals surface area (Å²) in [6, 6.07) is 19.7. The highest BCUT2D eigenvalue weighted by atomic mass is 16.6. The fourth-order valence-electron chi connectivity index (χ4n) is 5.06. The number of carbonyl (C=O) groups is 3. The SMILES string of the molecule is CCCCCN(C(=O)C(CC(C)C)NC(=O)OC(C)(C)C)C(C(=O)Nc1ccc2ccccc2c1)c1ccccc1C. The maximum atomic E-state index is 14.4. The van der Waals surface area contributed by atoms with E-state index in [1.54, 1.807) is 25.7 Å². The van der Waals surface area contributed by atoms with Gasteiger partial charge in [0.2, 0.25) is 5.91 Å². The molecule has 0 heterocycles. The number of carbonyl (C=O) groups excluding carboxylic acids is 3. The van der Waals surface area contributed by atoms with Crippen LogP contribution in [-0.2, 0) is 14.3 Å². The summed E-state index contributed by atoms with van der Waals surface area (Å²) in [6.07, 6.45) is 2.36. The lowest BCUT2D eigenvalue weighted by atomic mass is 9.96. The minimum atomic E-state index is -0.892. The van der Waals surface area contributed by atoms with Crippen LogP contribution >= 0.6 is 0 Å². The third-order valence-electron chi connectivity index (χ3n) is 7.04. The second kappa shape index (κ2) is 14.9. The molecule has 0 radical (unpaired) electrons. The Hall–Kier alpha value is -3.87. The number of unbranched alkanes of at least 4 members (excludes halogenated alkanes) is 2. The first-order chi connectivity index (χ1) is 19.9. The summed E-state index contributed by atoms with van der Waals surface area (Å²) in [6.45, 7) is 13.8. The average Bonchev–Trinajstić information content (AvgIpc) is 2.91. The van der Waals surface area contributed by atoms with Gasteiger partial charge in [0.05, 0.1) is 0 Å². The van der Waals surface area contributed by atoms with Gasteiger partial charge in [-0.25, -0.2) is 4.79 Å². The van der Waals surface area contributed by atoms with Gasteiger partial charge in [0.15, 0.2) is 0 Å². The molecule has 0 aliphatic heterocycles. The molecule has 7 heteroatoms. The standard InChI is InChI=1S/C35H47N3O4/c1-8-9-14-21-38(33(40)30(22-24(2)3)37-34(41)42-35(5,6)7)31(29-18-13-10-15-25(29)4)32(39)36-28-20-19-26-16-11-12-17-27(26)23-28/h10-13,15-20,23-24,30-31H,8-9,14,21-22H2,1-7H3,(H,36,39)(H,37,41). The molecule has 2 unspecified atom stereocenters. The summed E-state index contributed by atoms with van der Waals surface area (Å²) in [4.78, 5) is 43.1. The first-order valence-corrected chi connectivity index (χ1v) is 15.0. The molecule has 0 spiro atoms. The van der Waals surface area contributed by atoms with Crippen molar-refractivity contribution < 1.29 is 19.1 Å². The minimum Gasteiger partial charge on any atom is -0.444 e. The number of fused-ring (bicyclic) bond motifs is 1. The highest BCUT2D eigenvalue weighted by Gasteiger charge is 2.37. The lowest BCUT2D eigenvalue weighted by Crippen LogP contribution is -2.53. The lowest BCUT2D eigenvalue weighted by Gasteiger charge is -2.35. The van der Waals surface area contributed by atoms with Crippen molar-refractivity contribution >= 4 is 34.4 Å². The lowest BCUT2D eigenvalue weighted by molar-refractivity contribution is -0.141. The minimum absolute atomic E-state index is 0.120. The molecule has 226 valence electrons. The second-order valence-electron chi connectivity index (χ2n) is 12.4. The van der Waals surface area contributed by atoms with Crippen LogP contribution in [0.4, 0.5) is 10.5 Å². The summed E-state index contributed by atoms with van der Waals surface area (Å²) in [5, 5.41) is 8.00. The van der Waals surface area contributed by atoms with Crippen molar-refractivity contribution in [3.05, 3.63) is 77.9 Å². The topological polar surface area (TPSA) is 87.7 Å². The molecule has 0 aromatic heterocycles. The van der Waals surface area contributed by atoms with E-state index in [2.05, 4.69) is 17.6 Å². The van der Waals surface area contributed by atoms with Gasteiger partial charge in [-0.1, -0.05) is 88.2 Å². The Labute approximate surface area is 251 Å². The predicted octanol–water partition coefficient (Wildman–Crippen LogP) is 7.79. The highest BCUT2D eigenvalue weighted by Crippen LogP contribution is 2.29. The van der Waals surface area contributed by atoms with E-state index in [0.29, 0.717) is 18.7 Å². The highest BCUT2D eigenvalue weighted by molar-refractivity contribution is 6.00. The molecular weight excluding hydrogens is 526 g/mol. The van der Waals surface area contributed by atoms with E-state index in [4.69, 9.17) is 4.74 Å².